The molecule has 0 fully saturated rings. The number of halogens is 1. The van der Waals surface area contributed by atoms with Gasteiger partial charge in [0.25, 0.3) is 0 Å². The Balaban J connectivity index is 1.67. The Morgan fingerprint density at radius 2 is 1.37 bits per heavy atom. The van der Waals surface area contributed by atoms with Crippen molar-refractivity contribution in [2.24, 2.45) is 0 Å². The number of phenolic OH excluding ortho intramolecular Hbond substituents is 1. The second kappa shape index (κ2) is 11.0. The van der Waals surface area contributed by atoms with Crippen LogP contribution < -0.4 is 0 Å². The van der Waals surface area contributed by atoms with Gasteiger partial charge in [-0.2, -0.15) is 0 Å². The fraction of sp³-hybridized carbons (Fsp3) is 0.314. The van der Waals surface area contributed by atoms with Crippen LogP contribution in [0.25, 0.3) is 38.6 Å². The first-order chi connectivity index (χ1) is 18.4. The summed E-state index contributed by atoms with van der Waals surface area (Å²) >= 11 is 0. The van der Waals surface area contributed by atoms with Crippen molar-refractivity contribution in [3.05, 3.63) is 96.3 Å². The van der Waals surface area contributed by atoms with Crippen LogP contribution in [-0.2, 0) is 5.41 Å². The van der Waals surface area contributed by atoms with Crippen LogP contribution >= 0.6 is 0 Å². The monoisotopic (exact) mass is 507 g/mol. The van der Waals surface area contributed by atoms with Gasteiger partial charge in [0.05, 0.1) is 16.7 Å². The molecule has 2 nitrogen and oxygen atoms in total. The van der Waals surface area contributed by atoms with Gasteiger partial charge in [0.1, 0.15) is 11.6 Å². The fourth-order valence-electron chi connectivity index (χ4n) is 5.73. The summed E-state index contributed by atoms with van der Waals surface area (Å²) in [6, 6.07) is 27.4. The van der Waals surface area contributed by atoms with Gasteiger partial charge in [0.15, 0.2) is 0 Å². The molecule has 196 valence electrons. The molecule has 0 spiro atoms. The molecule has 1 heterocycles. The summed E-state index contributed by atoms with van der Waals surface area (Å²) in [7, 11) is 0. The zero-order valence-corrected chi connectivity index (χ0v) is 22.8. The first kappa shape index (κ1) is 26.0. The molecule has 0 aliphatic heterocycles. The van der Waals surface area contributed by atoms with Gasteiger partial charge in [-0.1, -0.05) is 108 Å². The number of hydrogen-bond acceptors (Lipinski definition) is 1. The second-order valence-electron chi connectivity index (χ2n) is 11.2. The largest absolute Gasteiger partial charge is 0.505 e. The molecule has 0 saturated heterocycles. The summed E-state index contributed by atoms with van der Waals surface area (Å²) in [5, 5.41) is 14.1. The lowest BCUT2D eigenvalue weighted by Crippen LogP contribution is -2.18. The second-order valence-corrected chi connectivity index (χ2v) is 11.2. The molecule has 0 saturated carbocycles. The Hall–Kier alpha value is -3.59. The third kappa shape index (κ3) is 5.07. The number of para-hydroxylation sites is 2. The molecule has 0 atom stereocenters. The highest BCUT2D eigenvalue weighted by atomic mass is 19.1. The molecule has 3 heteroatoms. The maximum atomic E-state index is 14.3. The molecule has 0 unspecified atom stereocenters. The van der Waals surface area contributed by atoms with Crippen LogP contribution in [0.3, 0.4) is 0 Å². The number of aromatic nitrogens is 1. The molecule has 0 aliphatic carbocycles. The third-order valence-corrected chi connectivity index (χ3v) is 7.98. The van der Waals surface area contributed by atoms with Gasteiger partial charge in [-0.25, -0.2) is 4.39 Å². The Bertz CT molecular complexity index is 1510. The van der Waals surface area contributed by atoms with E-state index in [-0.39, 0.29) is 17.0 Å². The van der Waals surface area contributed by atoms with Crippen LogP contribution in [0.4, 0.5) is 4.39 Å². The summed E-state index contributed by atoms with van der Waals surface area (Å²) in [5.74, 6) is -0.140. The van der Waals surface area contributed by atoms with Gasteiger partial charge in [-0.05, 0) is 59.4 Å². The van der Waals surface area contributed by atoms with E-state index in [1.165, 1.54) is 44.2 Å². The van der Waals surface area contributed by atoms with E-state index in [1.54, 1.807) is 6.07 Å². The van der Waals surface area contributed by atoms with Crippen LogP contribution in [-0.4, -0.2) is 9.67 Å². The van der Waals surface area contributed by atoms with E-state index in [1.807, 2.05) is 18.2 Å². The van der Waals surface area contributed by atoms with E-state index in [2.05, 4.69) is 73.9 Å². The SMILES string of the molecule is CCCCCCCCC(C)(C)c1cc(-c2cccc(F)c2)c(O)c(-n2c3ccccc3c3ccccc32)c1. The van der Waals surface area contributed by atoms with Gasteiger partial charge in [0.2, 0.25) is 0 Å². The number of nitrogens with zero attached hydrogens (tertiary/aromatic N) is 1. The van der Waals surface area contributed by atoms with Crippen LogP contribution in [0.2, 0.25) is 0 Å². The molecule has 0 bridgehead atoms. The lowest BCUT2D eigenvalue weighted by Gasteiger charge is -2.28. The first-order valence-corrected chi connectivity index (χ1v) is 14.0. The number of unbranched alkanes of at least 4 members (excludes halogenated alkanes) is 5. The van der Waals surface area contributed by atoms with Gasteiger partial charge >= 0.3 is 0 Å². The van der Waals surface area contributed by atoms with Gasteiger partial charge in [0, 0.05) is 16.3 Å². The van der Waals surface area contributed by atoms with Gasteiger partial charge in [-0.3, -0.25) is 0 Å². The Kier molecular flexibility index (Phi) is 7.56. The molecule has 4 aromatic carbocycles. The number of phenols is 1. The highest BCUT2D eigenvalue weighted by Crippen LogP contribution is 2.43. The van der Waals surface area contributed by atoms with Crippen molar-refractivity contribution >= 4 is 21.8 Å². The maximum Gasteiger partial charge on any atom is 0.147 e. The molecule has 0 aliphatic rings. The maximum absolute atomic E-state index is 14.3. The lowest BCUT2D eigenvalue weighted by atomic mass is 9.78. The number of aromatic hydroxyl groups is 1. The van der Waals surface area contributed by atoms with Crippen molar-refractivity contribution in [1.82, 2.24) is 4.57 Å². The molecule has 5 aromatic rings. The topological polar surface area (TPSA) is 25.2 Å². The molecule has 5 rings (SSSR count). The van der Waals surface area contributed by atoms with E-state index in [0.717, 1.165) is 45.9 Å². The minimum atomic E-state index is -0.308. The smallest absolute Gasteiger partial charge is 0.147 e. The molecular weight excluding hydrogens is 469 g/mol. The normalized spacial score (nSPS) is 12.0. The van der Waals surface area contributed by atoms with Crippen molar-refractivity contribution in [3.63, 3.8) is 0 Å². The van der Waals surface area contributed by atoms with Crippen molar-refractivity contribution in [2.75, 3.05) is 0 Å². The van der Waals surface area contributed by atoms with Crippen LogP contribution in [0.1, 0.15) is 71.3 Å². The van der Waals surface area contributed by atoms with Crippen molar-refractivity contribution in [2.45, 2.75) is 71.1 Å². The molecule has 0 amide bonds. The minimum Gasteiger partial charge on any atom is -0.505 e. The standard InChI is InChI=1S/C35H38FNO/c1-4-5-6-7-8-13-21-35(2,3)26-23-30(25-15-14-16-27(36)22-25)34(38)33(24-26)37-31-19-11-9-17-28(31)29-18-10-12-20-32(29)37/h9-12,14-20,22-24,38H,4-8,13,21H2,1-3H3. The minimum absolute atomic E-state index is 0.103. The van der Waals surface area contributed by atoms with E-state index in [4.69, 9.17) is 0 Å². The Morgan fingerprint density at radius 1 is 0.737 bits per heavy atom. The zero-order chi connectivity index (χ0) is 26.7. The molecule has 0 radical (unpaired) electrons. The summed E-state index contributed by atoms with van der Waals surface area (Å²) < 4.78 is 16.5. The first-order valence-electron chi connectivity index (χ1n) is 14.0. The van der Waals surface area contributed by atoms with E-state index >= 15 is 0 Å². The third-order valence-electron chi connectivity index (χ3n) is 7.98. The quantitative estimate of drug-likeness (QED) is 0.187. The predicted molar refractivity (Wildman–Crippen MR) is 159 cm³/mol. The molecular formula is C35H38FNO. The molecule has 38 heavy (non-hydrogen) atoms. The van der Waals surface area contributed by atoms with Crippen molar-refractivity contribution < 1.29 is 9.50 Å². The lowest BCUT2D eigenvalue weighted by molar-refractivity contribution is 0.440. The highest BCUT2D eigenvalue weighted by Gasteiger charge is 2.25. The van der Waals surface area contributed by atoms with Crippen molar-refractivity contribution in [3.8, 4) is 22.6 Å². The van der Waals surface area contributed by atoms with Crippen LogP contribution in [0, 0.1) is 5.82 Å². The zero-order valence-electron chi connectivity index (χ0n) is 22.8. The summed E-state index contributed by atoms with van der Waals surface area (Å²) in [6.45, 7) is 6.83. The van der Waals surface area contributed by atoms with Gasteiger partial charge < -0.3 is 9.67 Å². The number of rotatable bonds is 10. The molecule has 1 N–H and O–H groups in total. The average molecular weight is 508 g/mol. The molecule has 1 aromatic heterocycles. The number of benzene rings is 4. The summed E-state index contributed by atoms with van der Waals surface area (Å²) in [4.78, 5) is 0. The van der Waals surface area contributed by atoms with Crippen LogP contribution in [0.5, 0.6) is 5.75 Å². The Morgan fingerprint density at radius 3 is 2.03 bits per heavy atom. The predicted octanol–water partition coefficient (Wildman–Crippen LogP) is 10.3. The van der Waals surface area contributed by atoms with E-state index < -0.39 is 0 Å². The van der Waals surface area contributed by atoms with E-state index in [9.17, 15) is 9.50 Å². The number of fused-ring (bicyclic) bond motifs is 3. The average Bonchev–Trinajstić information content (AvgIpc) is 3.25. The number of hydrogen-bond donors (Lipinski definition) is 1. The highest BCUT2D eigenvalue weighted by molar-refractivity contribution is 6.09. The van der Waals surface area contributed by atoms with Crippen molar-refractivity contribution in [1.29, 1.82) is 0 Å². The van der Waals surface area contributed by atoms with Gasteiger partial charge in [-0.15, -0.1) is 0 Å². The Labute approximate surface area is 225 Å². The fourth-order valence-corrected chi connectivity index (χ4v) is 5.73. The van der Waals surface area contributed by atoms with Crippen LogP contribution in [0.15, 0.2) is 84.9 Å². The summed E-state index contributed by atoms with van der Waals surface area (Å²) in [5.41, 5.74) is 5.21. The summed E-state index contributed by atoms with van der Waals surface area (Å²) in [6.07, 6.45) is 8.60. The van der Waals surface area contributed by atoms with E-state index in [0.29, 0.717) is 11.1 Å².